The van der Waals surface area contributed by atoms with Crippen molar-refractivity contribution < 1.29 is 9.47 Å². The molecule has 96 valence electrons. The molecular formula is C13H20ClNO2. The quantitative estimate of drug-likeness (QED) is 0.813. The number of benzene rings is 1. The summed E-state index contributed by atoms with van der Waals surface area (Å²) in [5, 5.41) is 3.85. The zero-order valence-corrected chi connectivity index (χ0v) is 11.4. The summed E-state index contributed by atoms with van der Waals surface area (Å²) in [5.74, 6) is 1.33. The molecule has 0 radical (unpaired) electrons. The highest BCUT2D eigenvalue weighted by Crippen LogP contribution is 2.36. The molecule has 17 heavy (non-hydrogen) atoms. The summed E-state index contributed by atoms with van der Waals surface area (Å²) in [6.07, 6.45) is 0.943. The number of hydrogen-bond acceptors (Lipinski definition) is 3. The summed E-state index contributed by atoms with van der Waals surface area (Å²) < 4.78 is 10.9. The van der Waals surface area contributed by atoms with Gasteiger partial charge in [0.2, 0.25) is 0 Å². The molecule has 1 rings (SSSR count). The van der Waals surface area contributed by atoms with Crippen molar-refractivity contribution in [3.63, 3.8) is 0 Å². The molecule has 0 aliphatic heterocycles. The van der Waals surface area contributed by atoms with Crippen LogP contribution >= 0.6 is 11.6 Å². The minimum Gasteiger partial charge on any atom is -0.493 e. The summed E-state index contributed by atoms with van der Waals surface area (Å²) >= 11 is 6.20. The van der Waals surface area contributed by atoms with Crippen molar-refractivity contribution in [3.8, 4) is 11.5 Å². The second kappa shape index (κ2) is 7.41. The molecule has 0 aromatic heterocycles. The van der Waals surface area contributed by atoms with E-state index >= 15 is 0 Å². The van der Waals surface area contributed by atoms with Gasteiger partial charge in [0.05, 0.1) is 18.7 Å². The highest BCUT2D eigenvalue weighted by Gasteiger charge is 2.11. The van der Waals surface area contributed by atoms with Crippen LogP contribution in [0.2, 0.25) is 5.02 Å². The maximum absolute atomic E-state index is 6.20. The van der Waals surface area contributed by atoms with Gasteiger partial charge in [0.15, 0.2) is 11.5 Å². The molecule has 0 amide bonds. The fourth-order valence-corrected chi connectivity index (χ4v) is 1.78. The van der Waals surface area contributed by atoms with Crippen molar-refractivity contribution in [3.05, 3.63) is 22.7 Å². The van der Waals surface area contributed by atoms with E-state index in [0.717, 1.165) is 25.1 Å². The van der Waals surface area contributed by atoms with Gasteiger partial charge in [-0.05, 0) is 30.7 Å². The Bertz CT molecular complexity index is 356. The average molecular weight is 258 g/mol. The van der Waals surface area contributed by atoms with Crippen LogP contribution in [0.4, 0.5) is 0 Å². The topological polar surface area (TPSA) is 30.5 Å². The standard InChI is InChI=1S/C13H20ClNO2/c1-4-6-17-13-11(14)7-10(9-15-5-2)8-12(13)16-3/h7-8,15H,4-6,9H2,1-3H3. The van der Waals surface area contributed by atoms with E-state index in [4.69, 9.17) is 21.1 Å². The van der Waals surface area contributed by atoms with Crippen molar-refractivity contribution in [2.75, 3.05) is 20.3 Å². The first kappa shape index (κ1) is 14.1. The lowest BCUT2D eigenvalue weighted by Crippen LogP contribution is -2.12. The highest BCUT2D eigenvalue weighted by atomic mass is 35.5. The van der Waals surface area contributed by atoms with Crippen molar-refractivity contribution in [1.29, 1.82) is 0 Å². The summed E-state index contributed by atoms with van der Waals surface area (Å²) in [7, 11) is 1.63. The van der Waals surface area contributed by atoms with E-state index < -0.39 is 0 Å². The van der Waals surface area contributed by atoms with Crippen molar-refractivity contribution in [2.45, 2.75) is 26.8 Å². The van der Waals surface area contributed by atoms with Gasteiger partial charge < -0.3 is 14.8 Å². The van der Waals surface area contributed by atoms with Gasteiger partial charge in [-0.1, -0.05) is 25.4 Å². The molecule has 0 heterocycles. The van der Waals surface area contributed by atoms with Crippen molar-refractivity contribution in [1.82, 2.24) is 5.32 Å². The molecule has 0 aliphatic carbocycles. The van der Waals surface area contributed by atoms with E-state index in [9.17, 15) is 0 Å². The Balaban J connectivity index is 2.90. The zero-order chi connectivity index (χ0) is 12.7. The molecule has 0 fully saturated rings. The summed E-state index contributed by atoms with van der Waals surface area (Å²) in [6, 6.07) is 3.87. The van der Waals surface area contributed by atoms with Crippen LogP contribution in [0.3, 0.4) is 0 Å². The van der Waals surface area contributed by atoms with Crippen LogP contribution in [-0.2, 0) is 6.54 Å². The van der Waals surface area contributed by atoms with E-state index in [0.29, 0.717) is 23.1 Å². The van der Waals surface area contributed by atoms with Gasteiger partial charge in [-0.2, -0.15) is 0 Å². The molecule has 0 bridgehead atoms. The van der Waals surface area contributed by atoms with Gasteiger partial charge in [-0.25, -0.2) is 0 Å². The average Bonchev–Trinajstić information content (AvgIpc) is 2.34. The summed E-state index contributed by atoms with van der Waals surface area (Å²) in [6.45, 7) is 6.47. The monoisotopic (exact) mass is 257 g/mol. The first-order valence-corrected chi connectivity index (χ1v) is 6.30. The van der Waals surface area contributed by atoms with E-state index in [1.807, 2.05) is 12.1 Å². The lowest BCUT2D eigenvalue weighted by molar-refractivity contribution is 0.294. The van der Waals surface area contributed by atoms with Gasteiger partial charge >= 0.3 is 0 Å². The number of rotatable bonds is 7. The third-order valence-corrected chi connectivity index (χ3v) is 2.60. The van der Waals surface area contributed by atoms with Crippen molar-refractivity contribution in [2.24, 2.45) is 0 Å². The highest BCUT2D eigenvalue weighted by molar-refractivity contribution is 6.32. The molecule has 0 aliphatic rings. The van der Waals surface area contributed by atoms with E-state index in [1.54, 1.807) is 7.11 Å². The number of methoxy groups -OCH3 is 1. The predicted octanol–water partition coefficient (Wildman–Crippen LogP) is 3.25. The fraction of sp³-hybridized carbons (Fsp3) is 0.538. The minimum absolute atomic E-state index is 0.603. The number of ether oxygens (including phenoxy) is 2. The molecule has 3 nitrogen and oxygen atoms in total. The molecule has 1 aromatic carbocycles. The van der Waals surface area contributed by atoms with Gasteiger partial charge in [0.1, 0.15) is 0 Å². The Labute approximate surface area is 108 Å². The molecule has 0 unspecified atom stereocenters. The maximum atomic E-state index is 6.20. The van der Waals surface area contributed by atoms with Crippen LogP contribution in [0.1, 0.15) is 25.8 Å². The minimum atomic E-state index is 0.603. The fourth-order valence-electron chi connectivity index (χ4n) is 1.49. The van der Waals surface area contributed by atoms with Crippen molar-refractivity contribution >= 4 is 11.6 Å². The van der Waals surface area contributed by atoms with Crippen LogP contribution < -0.4 is 14.8 Å². The maximum Gasteiger partial charge on any atom is 0.179 e. The Hall–Kier alpha value is -0.930. The molecule has 1 aromatic rings. The number of hydrogen-bond donors (Lipinski definition) is 1. The molecule has 0 atom stereocenters. The second-order valence-electron chi connectivity index (χ2n) is 3.74. The SMILES string of the molecule is CCCOc1c(Cl)cc(CNCC)cc1OC. The number of nitrogens with one attached hydrogen (secondary N) is 1. The van der Waals surface area contributed by atoms with E-state index in [1.165, 1.54) is 0 Å². The third-order valence-electron chi connectivity index (χ3n) is 2.32. The zero-order valence-electron chi connectivity index (χ0n) is 10.7. The van der Waals surface area contributed by atoms with Gasteiger partial charge in [0, 0.05) is 6.54 Å². The predicted molar refractivity (Wildman–Crippen MR) is 71.2 cm³/mol. The molecule has 4 heteroatoms. The van der Waals surface area contributed by atoms with Crippen LogP contribution in [0, 0.1) is 0 Å². The molecule has 0 saturated carbocycles. The molecule has 0 spiro atoms. The lowest BCUT2D eigenvalue weighted by Gasteiger charge is -2.13. The van der Waals surface area contributed by atoms with E-state index in [2.05, 4.69) is 19.2 Å². The Morgan fingerprint density at radius 1 is 1.29 bits per heavy atom. The summed E-state index contributed by atoms with van der Waals surface area (Å²) in [5.41, 5.74) is 1.09. The van der Waals surface area contributed by atoms with Gasteiger partial charge in [0.25, 0.3) is 0 Å². The first-order chi connectivity index (χ1) is 8.22. The molecular weight excluding hydrogens is 238 g/mol. The Morgan fingerprint density at radius 2 is 2.06 bits per heavy atom. The third kappa shape index (κ3) is 4.10. The molecule has 1 N–H and O–H groups in total. The second-order valence-corrected chi connectivity index (χ2v) is 4.15. The first-order valence-electron chi connectivity index (χ1n) is 5.92. The lowest BCUT2D eigenvalue weighted by atomic mass is 10.2. The normalized spacial score (nSPS) is 10.4. The largest absolute Gasteiger partial charge is 0.493 e. The summed E-state index contributed by atoms with van der Waals surface area (Å²) in [4.78, 5) is 0. The smallest absolute Gasteiger partial charge is 0.179 e. The van der Waals surface area contributed by atoms with Crippen LogP contribution in [0.5, 0.6) is 11.5 Å². The van der Waals surface area contributed by atoms with Crippen LogP contribution in [-0.4, -0.2) is 20.3 Å². The van der Waals surface area contributed by atoms with Crippen LogP contribution in [0.25, 0.3) is 0 Å². The van der Waals surface area contributed by atoms with Gasteiger partial charge in [-0.3, -0.25) is 0 Å². The number of halogens is 1. The van der Waals surface area contributed by atoms with E-state index in [-0.39, 0.29) is 0 Å². The van der Waals surface area contributed by atoms with Gasteiger partial charge in [-0.15, -0.1) is 0 Å². The molecule has 0 saturated heterocycles. The van der Waals surface area contributed by atoms with Crippen LogP contribution in [0.15, 0.2) is 12.1 Å². The Kier molecular flexibility index (Phi) is 6.16. The Morgan fingerprint density at radius 3 is 2.65 bits per heavy atom.